The average molecular weight is 434 g/mol. The third kappa shape index (κ3) is 7.08. The second-order valence-corrected chi connectivity index (χ2v) is 7.81. The molecule has 0 spiro atoms. The zero-order valence-corrected chi connectivity index (χ0v) is 19.6. The highest BCUT2D eigenvalue weighted by atomic mass is 32.1. The Morgan fingerprint density at radius 1 is 0.719 bits per heavy atom. The second kappa shape index (κ2) is 12.4. The van der Waals surface area contributed by atoms with Crippen LogP contribution in [0.15, 0.2) is 71.7 Å². The zero-order valence-electron chi connectivity index (χ0n) is 18.7. The van der Waals surface area contributed by atoms with Crippen LogP contribution in [0.3, 0.4) is 0 Å². The lowest BCUT2D eigenvalue weighted by Gasteiger charge is -2.02. The SMILES string of the molecule is CCCCCc1ccc(C#Cc2ccc(C#Cc3ccc(N=C=S)cc3)c(CC)c2)cc1. The molecule has 0 radical (unpaired) electrons. The number of aryl methyl sites for hydroxylation is 2. The van der Waals surface area contributed by atoms with E-state index in [1.165, 1.54) is 30.4 Å². The smallest absolute Gasteiger partial charge is 0.0740 e. The molecule has 3 rings (SSSR count). The Balaban J connectivity index is 1.72. The van der Waals surface area contributed by atoms with Crippen molar-refractivity contribution in [2.45, 2.75) is 46.0 Å². The first-order chi connectivity index (χ1) is 15.7. The number of isothiocyanates is 1. The largest absolute Gasteiger partial charge is 0.195 e. The maximum Gasteiger partial charge on any atom is 0.0740 e. The lowest BCUT2D eigenvalue weighted by Crippen LogP contribution is -1.90. The minimum absolute atomic E-state index is 0.786. The fraction of sp³-hybridized carbons (Fsp3) is 0.233. The number of hydrogen-bond donors (Lipinski definition) is 0. The van der Waals surface area contributed by atoms with E-state index in [2.05, 4.69) is 96.3 Å². The van der Waals surface area contributed by atoms with Crippen molar-refractivity contribution in [3.63, 3.8) is 0 Å². The molecule has 0 aliphatic heterocycles. The molecule has 3 aromatic rings. The van der Waals surface area contributed by atoms with Crippen molar-refractivity contribution in [2.75, 3.05) is 0 Å². The predicted octanol–water partition coefficient (Wildman–Crippen LogP) is 7.52. The van der Waals surface area contributed by atoms with Gasteiger partial charge in [-0.3, -0.25) is 0 Å². The Morgan fingerprint density at radius 3 is 2.00 bits per heavy atom. The summed E-state index contributed by atoms with van der Waals surface area (Å²) in [5, 5.41) is 2.38. The van der Waals surface area contributed by atoms with E-state index in [0.717, 1.165) is 40.8 Å². The molecule has 0 aromatic heterocycles. The lowest BCUT2D eigenvalue weighted by atomic mass is 10.0. The summed E-state index contributed by atoms with van der Waals surface area (Å²) in [7, 11) is 0. The maximum absolute atomic E-state index is 4.64. The molecule has 0 unspecified atom stereocenters. The first-order valence-electron chi connectivity index (χ1n) is 11.2. The van der Waals surface area contributed by atoms with E-state index < -0.39 is 0 Å². The number of unbranched alkanes of at least 4 members (excludes halogenated alkanes) is 2. The third-order valence-corrected chi connectivity index (χ3v) is 5.34. The highest BCUT2D eigenvalue weighted by Crippen LogP contribution is 2.14. The normalized spacial score (nSPS) is 9.69. The zero-order chi connectivity index (χ0) is 22.6. The van der Waals surface area contributed by atoms with Crippen LogP contribution in [-0.2, 0) is 12.8 Å². The van der Waals surface area contributed by atoms with Gasteiger partial charge in [-0.25, -0.2) is 0 Å². The number of rotatable bonds is 6. The topological polar surface area (TPSA) is 12.4 Å². The van der Waals surface area contributed by atoms with Crippen LogP contribution in [0.4, 0.5) is 5.69 Å². The summed E-state index contributed by atoms with van der Waals surface area (Å²) in [5.74, 6) is 13.1. The monoisotopic (exact) mass is 433 g/mol. The summed E-state index contributed by atoms with van der Waals surface area (Å²) in [6, 6.07) is 22.6. The van der Waals surface area contributed by atoms with Crippen molar-refractivity contribution in [1.29, 1.82) is 0 Å². The van der Waals surface area contributed by atoms with Crippen molar-refractivity contribution in [3.05, 3.63) is 100 Å². The Labute approximate surface area is 197 Å². The van der Waals surface area contributed by atoms with Gasteiger partial charge in [0.2, 0.25) is 0 Å². The molecule has 0 amide bonds. The first-order valence-corrected chi connectivity index (χ1v) is 11.6. The van der Waals surface area contributed by atoms with Gasteiger partial charge >= 0.3 is 0 Å². The Kier molecular flexibility index (Phi) is 9.04. The number of nitrogens with zero attached hydrogens (tertiary/aromatic N) is 1. The standard InChI is InChI=1S/C30H27NS/c1-3-5-6-7-24-8-10-25(11-9-24)12-13-27-15-19-29(28(4-2)22-27)18-14-26-16-20-30(21-17-26)31-23-32/h8-11,15-17,19-22H,3-7H2,1-2H3. The number of thiocarbonyl (C=S) groups is 1. The molecule has 0 aliphatic carbocycles. The average Bonchev–Trinajstić information content (AvgIpc) is 2.83. The Hall–Kier alpha value is -3.42. The highest BCUT2D eigenvalue weighted by Gasteiger charge is 2.00. The van der Waals surface area contributed by atoms with Crippen LogP contribution in [0.25, 0.3) is 0 Å². The van der Waals surface area contributed by atoms with Crippen LogP contribution < -0.4 is 0 Å². The Morgan fingerprint density at radius 2 is 1.34 bits per heavy atom. The minimum atomic E-state index is 0.786. The second-order valence-electron chi connectivity index (χ2n) is 7.63. The van der Waals surface area contributed by atoms with Crippen LogP contribution in [0, 0.1) is 23.7 Å². The van der Waals surface area contributed by atoms with Gasteiger partial charge < -0.3 is 0 Å². The summed E-state index contributed by atoms with van der Waals surface area (Å²) in [6.45, 7) is 4.38. The van der Waals surface area contributed by atoms with E-state index in [-0.39, 0.29) is 0 Å². The van der Waals surface area contributed by atoms with Gasteiger partial charge in [0.25, 0.3) is 0 Å². The number of hydrogen-bond acceptors (Lipinski definition) is 2. The molecule has 0 bridgehead atoms. The van der Waals surface area contributed by atoms with Crippen LogP contribution in [-0.4, -0.2) is 5.16 Å². The molecule has 0 aliphatic rings. The summed E-state index contributed by atoms with van der Waals surface area (Å²) < 4.78 is 0. The quantitative estimate of drug-likeness (QED) is 0.169. The molecule has 0 fully saturated rings. The molecular weight excluding hydrogens is 406 g/mol. The molecule has 2 heteroatoms. The molecular formula is C30H27NS. The molecule has 0 saturated heterocycles. The fourth-order valence-electron chi connectivity index (χ4n) is 3.38. The van der Waals surface area contributed by atoms with Gasteiger partial charge in [-0.15, -0.1) is 0 Å². The van der Waals surface area contributed by atoms with E-state index in [1.54, 1.807) is 0 Å². The van der Waals surface area contributed by atoms with Crippen LogP contribution in [0.2, 0.25) is 0 Å². The van der Waals surface area contributed by atoms with Crippen molar-refractivity contribution in [1.82, 2.24) is 0 Å². The molecule has 3 aromatic carbocycles. The van der Waals surface area contributed by atoms with Gasteiger partial charge in [-0.05, 0) is 97.2 Å². The van der Waals surface area contributed by atoms with Gasteiger partial charge in [0.1, 0.15) is 0 Å². The summed E-state index contributed by atoms with van der Waals surface area (Å²) >= 11 is 4.64. The van der Waals surface area contributed by atoms with Gasteiger partial charge in [0.15, 0.2) is 0 Å². The van der Waals surface area contributed by atoms with Gasteiger partial charge in [-0.1, -0.05) is 62.5 Å². The van der Waals surface area contributed by atoms with Crippen molar-refractivity contribution in [3.8, 4) is 23.7 Å². The molecule has 0 N–H and O–H groups in total. The molecule has 32 heavy (non-hydrogen) atoms. The van der Waals surface area contributed by atoms with Crippen LogP contribution in [0.1, 0.15) is 66.5 Å². The van der Waals surface area contributed by atoms with Crippen molar-refractivity contribution < 1.29 is 0 Å². The molecule has 0 atom stereocenters. The fourth-order valence-corrected chi connectivity index (χ4v) is 3.48. The summed E-state index contributed by atoms with van der Waals surface area (Å²) in [6.07, 6.45) is 5.86. The third-order valence-electron chi connectivity index (χ3n) is 5.24. The van der Waals surface area contributed by atoms with E-state index in [4.69, 9.17) is 0 Å². The Bertz CT molecular complexity index is 1210. The summed E-state index contributed by atoms with van der Waals surface area (Å²) in [5.41, 5.74) is 7.43. The summed E-state index contributed by atoms with van der Waals surface area (Å²) in [4.78, 5) is 3.97. The predicted molar refractivity (Wildman–Crippen MR) is 139 cm³/mol. The van der Waals surface area contributed by atoms with Gasteiger partial charge in [0, 0.05) is 22.3 Å². The van der Waals surface area contributed by atoms with Crippen LogP contribution in [0.5, 0.6) is 0 Å². The molecule has 1 nitrogen and oxygen atoms in total. The number of aliphatic imine (C=N–C) groups is 1. The molecule has 158 valence electrons. The van der Waals surface area contributed by atoms with Crippen molar-refractivity contribution in [2.24, 2.45) is 4.99 Å². The maximum atomic E-state index is 4.64. The van der Waals surface area contributed by atoms with Gasteiger partial charge in [-0.2, -0.15) is 4.99 Å². The van der Waals surface area contributed by atoms with Gasteiger partial charge in [0.05, 0.1) is 10.8 Å². The highest BCUT2D eigenvalue weighted by molar-refractivity contribution is 7.78. The van der Waals surface area contributed by atoms with E-state index in [9.17, 15) is 0 Å². The first kappa shape index (κ1) is 23.2. The van der Waals surface area contributed by atoms with E-state index in [0.29, 0.717) is 0 Å². The molecule has 0 heterocycles. The van der Waals surface area contributed by atoms with E-state index >= 15 is 0 Å². The molecule has 0 saturated carbocycles. The number of benzene rings is 3. The minimum Gasteiger partial charge on any atom is -0.195 e. The van der Waals surface area contributed by atoms with E-state index in [1.807, 2.05) is 30.3 Å². The van der Waals surface area contributed by atoms with Crippen LogP contribution >= 0.6 is 12.2 Å². The lowest BCUT2D eigenvalue weighted by molar-refractivity contribution is 0.717. The van der Waals surface area contributed by atoms with Crippen molar-refractivity contribution >= 4 is 23.1 Å².